The molecule has 0 N–H and O–H groups in total. The lowest BCUT2D eigenvalue weighted by molar-refractivity contribution is 0.101. The summed E-state index contributed by atoms with van der Waals surface area (Å²) in [5, 5.41) is 4.44. The Morgan fingerprint density at radius 2 is 2.20 bits per heavy atom. The smallest absolute Gasteiger partial charge is 0.159 e. The highest BCUT2D eigenvalue weighted by Gasteiger charge is 2.18. The van der Waals surface area contributed by atoms with Crippen molar-refractivity contribution in [1.29, 1.82) is 0 Å². The summed E-state index contributed by atoms with van der Waals surface area (Å²) in [6.07, 6.45) is 4.15. The van der Waals surface area contributed by atoms with Gasteiger partial charge in [0.05, 0.1) is 12.2 Å². The molecule has 0 radical (unpaired) electrons. The first-order chi connectivity index (χ1) is 9.63. The second-order valence-electron chi connectivity index (χ2n) is 5.41. The fraction of sp³-hybridized carbons (Fsp3) is 0.375. The molecule has 1 aliphatic rings. The molecule has 0 saturated heterocycles. The lowest BCUT2D eigenvalue weighted by atomic mass is 9.98. The number of rotatable bonds is 3. The largest absolute Gasteiger partial charge is 0.365 e. The summed E-state index contributed by atoms with van der Waals surface area (Å²) in [6.45, 7) is 3.49. The summed E-state index contributed by atoms with van der Waals surface area (Å²) in [7, 11) is 1.94. The van der Waals surface area contributed by atoms with Gasteiger partial charge in [0.25, 0.3) is 0 Å². The van der Waals surface area contributed by atoms with Crippen LogP contribution in [0.3, 0.4) is 0 Å². The molecule has 20 heavy (non-hydrogen) atoms. The second-order valence-corrected chi connectivity index (χ2v) is 5.41. The SMILES string of the molecule is CC(=O)c1ccc2c(c1)CCCN2Cc1ccn(C)n1. The van der Waals surface area contributed by atoms with E-state index in [4.69, 9.17) is 0 Å². The van der Waals surface area contributed by atoms with Gasteiger partial charge in [-0.05, 0) is 49.6 Å². The van der Waals surface area contributed by atoms with Crippen molar-refractivity contribution in [3.63, 3.8) is 0 Å². The zero-order valence-corrected chi connectivity index (χ0v) is 12.0. The van der Waals surface area contributed by atoms with Crippen LogP contribution in [-0.4, -0.2) is 22.1 Å². The molecule has 0 saturated carbocycles. The maximum atomic E-state index is 11.5. The highest BCUT2D eigenvalue weighted by Crippen LogP contribution is 2.29. The number of nitrogens with zero attached hydrogens (tertiary/aromatic N) is 3. The molecule has 3 rings (SSSR count). The van der Waals surface area contributed by atoms with Gasteiger partial charge >= 0.3 is 0 Å². The van der Waals surface area contributed by atoms with Gasteiger partial charge < -0.3 is 4.90 Å². The van der Waals surface area contributed by atoms with E-state index < -0.39 is 0 Å². The van der Waals surface area contributed by atoms with E-state index in [1.165, 1.54) is 11.3 Å². The maximum Gasteiger partial charge on any atom is 0.159 e. The predicted molar refractivity (Wildman–Crippen MR) is 79.0 cm³/mol. The van der Waals surface area contributed by atoms with E-state index in [9.17, 15) is 4.79 Å². The summed E-state index contributed by atoms with van der Waals surface area (Å²) >= 11 is 0. The maximum absolute atomic E-state index is 11.5. The van der Waals surface area contributed by atoms with Crippen molar-refractivity contribution in [2.24, 2.45) is 7.05 Å². The quantitative estimate of drug-likeness (QED) is 0.804. The van der Waals surface area contributed by atoms with E-state index >= 15 is 0 Å². The first-order valence-electron chi connectivity index (χ1n) is 7.01. The van der Waals surface area contributed by atoms with E-state index in [1.54, 1.807) is 6.92 Å². The van der Waals surface area contributed by atoms with Gasteiger partial charge in [0.15, 0.2) is 5.78 Å². The number of aryl methyl sites for hydroxylation is 2. The van der Waals surface area contributed by atoms with Crippen LogP contribution in [0.25, 0.3) is 0 Å². The van der Waals surface area contributed by atoms with Crippen molar-refractivity contribution in [3.8, 4) is 0 Å². The van der Waals surface area contributed by atoms with Crippen molar-refractivity contribution in [3.05, 3.63) is 47.3 Å². The third kappa shape index (κ3) is 2.46. The van der Waals surface area contributed by atoms with Crippen LogP contribution in [0, 0.1) is 0 Å². The van der Waals surface area contributed by atoms with Crippen molar-refractivity contribution in [1.82, 2.24) is 9.78 Å². The molecule has 0 aliphatic carbocycles. The number of carbonyl (C=O) groups excluding carboxylic acids is 1. The van der Waals surface area contributed by atoms with Crippen LogP contribution >= 0.6 is 0 Å². The van der Waals surface area contributed by atoms with Gasteiger partial charge in [-0.2, -0.15) is 5.10 Å². The number of hydrogen-bond donors (Lipinski definition) is 0. The molecule has 0 unspecified atom stereocenters. The molecule has 0 amide bonds. The normalized spacial score (nSPS) is 14.2. The van der Waals surface area contributed by atoms with Crippen LogP contribution in [0.5, 0.6) is 0 Å². The topological polar surface area (TPSA) is 38.1 Å². The van der Waals surface area contributed by atoms with Gasteiger partial charge in [-0.15, -0.1) is 0 Å². The van der Waals surface area contributed by atoms with E-state index in [0.29, 0.717) is 0 Å². The summed E-state index contributed by atoms with van der Waals surface area (Å²) < 4.78 is 1.83. The summed E-state index contributed by atoms with van der Waals surface area (Å²) in [4.78, 5) is 13.8. The fourth-order valence-electron chi connectivity index (χ4n) is 2.80. The monoisotopic (exact) mass is 269 g/mol. The van der Waals surface area contributed by atoms with Gasteiger partial charge in [-0.1, -0.05) is 0 Å². The zero-order valence-electron chi connectivity index (χ0n) is 12.0. The molecular weight excluding hydrogens is 250 g/mol. The Labute approximate surface area is 119 Å². The first kappa shape index (κ1) is 12.9. The standard InChI is InChI=1S/C16H19N3O/c1-12(20)13-5-6-16-14(10-13)4-3-8-19(16)11-15-7-9-18(2)17-15/h5-7,9-10H,3-4,8,11H2,1-2H3. The number of anilines is 1. The molecule has 1 aliphatic heterocycles. The minimum Gasteiger partial charge on any atom is -0.365 e. The molecule has 0 fully saturated rings. The van der Waals surface area contributed by atoms with E-state index in [1.807, 2.05) is 30.1 Å². The Morgan fingerprint density at radius 1 is 1.35 bits per heavy atom. The lowest BCUT2D eigenvalue weighted by Crippen LogP contribution is -2.29. The van der Waals surface area contributed by atoms with Crippen molar-refractivity contribution >= 4 is 11.5 Å². The highest BCUT2D eigenvalue weighted by molar-refractivity contribution is 5.94. The van der Waals surface area contributed by atoms with Crippen LogP contribution in [0.15, 0.2) is 30.5 Å². The van der Waals surface area contributed by atoms with E-state index in [2.05, 4.69) is 22.1 Å². The zero-order chi connectivity index (χ0) is 14.1. The molecule has 1 aromatic heterocycles. The molecule has 4 heteroatoms. The second kappa shape index (κ2) is 5.12. The molecule has 2 aromatic rings. The molecule has 0 bridgehead atoms. The molecule has 104 valence electrons. The van der Waals surface area contributed by atoms with E-state index in [-0.39, 0.29) is 5.78 Å². The van der Waals surface area contributed by atoms with Gasteiger partial charge in [0.2, 0.25) is 0 Å². The number of ketones is 1. The van der Waals surface area contributed by atoms with Crippen LogP contribution < -0.4 is 4.90 Å². The average molecular weight is 269 g/mol. The van der Waals surface area contributed by atoms with Crippen molar-refractivity contribution < 1.29 is 4.79 Å². The van der Waals surface area contributed by atoms with Gasteiger partial charge in [-0.25, -0.2) is 0 Å². The molecule has 4 nitrogen and oxygen atoms in total. The van der Waals surface area contributed by atoms with Crippen LogP contribution in [-0.2, 0) is 20.0 Å². The minimum absolute atomic E-state index is 0.134. The Kier molecular flexibility index (Phi) is 3.30. The van der Waals surface area contributed by atoms with Crippen LogP contribution in [0.2, 0.25) is 0 Å². The fourth-order valence-corrected chi connectivity index (χ4v) is 2.80. The Hall–Kier alpha value is -2.10. The Balaban J connectivity index is 1.88. The van der Waals surface area contributed by atoms with Gasteiger partial charge in [-0.3, -0.25) is 9.48 Å². The summed E-state index contributed by atoms with van der Waals surface area (Å²) in [5.41, 5.74) is 4.41. The minimum atomic E-state index is 0.134. The number of Topliss-reactive ketones (excluding diaryl/α,β-unsaturated/α-hetero) is 1. The van der Waals surface area contributed by atoms with Crippen LogP contribution in [0.1, 0.15) is 35.0 Å². The molecule has 1 aromatic carbocycles. The molecule has 2 heterocycles. The summed E-state index contributed by atoms with van der Waals surface area (Å²) in [6, 6.07) is 8.10. The molecule has 0 spiro atoms. The number of aromatic nitrogens is 2. The Morgan fingerprint density at radius 3 is 2.90 bits per heavy atom. The van der Waals surface area contributed by atoms with Crippen molar-refractivity contribution in [2.45, 2.75) is 26.3 Å². The molecular formula is C16H19N3O. The van der Waals surface area contributed by atoms with Gasteiger partial charge in [0.1, 0.15) is 0 Å². The number of carbonyl (C=O) groups is 1. The number of hydrogen-bond acceptors (Lipinski definition) is 3. The van der Waals surface area contributed by atoms with Crippen molar-refractivity contribution in [2.75, 3.05) is 11.4 Å². The third-order valence-electron chi connectivity index (χ3n) is 3.82. The van der Waals surface area contributed by atoms with E-state index in [0.717, 1.165) is 37.2 Å². The molecule has 0 atom stereocenters. The number of fused-ring (bicyclic) bond motifs is 1. The summed E-state index contributed by atoms with van der Waals surface area (Å²) in [5.74, 6) is 0.134. The Bertz CT molecular complexity index is 645. The lowest BCUT2D eigenvalue weighted by Gasteiger charge is -2.31. The number of benzene rings is 1. The van der Waals surface area contributed by atoms with Gasteiger partial charge in [0, 0.05) is 31.0 Å². The van der Waals surface area contributed by atoms with Crippen LogP contribution in [0.4, 0.5) is 5.69 Å². The first-order valence-corrected chi connectivity index (χ1v) is 7.01. The predicted octanol–water partition coefficient (Wildman–Crippen LogP) is 2.58. The average Bonchev–Trinajstić information content (AvgIpc) is 2.84. The third-order valence-corrected chi connectivity index (χ3v) is 3.82. The highest BCUT2D eigenvalue weighted by atomic mass is 16.1.